The molecule has 3 aromatic carbocycles. The molecule has 1 heterocycles. The van der Waals surface area contributed by atoms with Crippen molar-refractivity contribution in [2.24, 2.45) is 0 Å². The molecule has 1 aliphatic heterocycles. The maximum atomic E-state index is 11.1. The minimum absolute atomic E-state index is 0.429. The Morgan fingerprint density at radius 3 is 1.96 bits per heavy atom. The highest BCUT2D eigenvalue weighted by Gasteiger charge is 2.25. The summed E-state index contributed by atoms with van der Waals surface area (Å²) in [5.74, 6) is 1.95. The molecule has 0 saturated heterocycles. The van der Waals surface area contributed by atoms with Crippen molar-refractivity contribution in [3.05, 3.63) is 89.5 Å². The van der Waals surface area contributed by atoms with E-state index in [4.69, 9.17) is 14.2 Å². The third kappa shape index (κ3) is 4.11. The van der Waals surface area contributed by atoms with E-state index in [0.717, 1.165) is 23.0 Å². The molecule has 4 heteroatoms. The molecular weight excluding hydrogens is 340 g/mol. The van der Waals surface area contributed by atoms with Crippen LogP contribution in [0.15, 0.2) is 72.8 Å². The third-order valence-electron chi connectivity index (χ3n) is 4.45. The second kappa shape index (κ2) is 7.96. The van der Waals surface area contributed by atoms with Crippen LogP contribution < -0.4 is 14.2 Å². The first-order valence-electron chi connectivity index (χ1n) is 8.94. The normalized spacial score (nSPS) is 14.9. The Morgan fingerprint density at radius 2 is 1.41 bits per heavy atom. The summed E-state index contributed by atoms with van der Waals surface area (Å²) in [4.78, 5) is 11.1. The van der Waals surface area contributed by atoms with Crippen LogP contribution >= 0.6 is 0 Å². The third-order valence-corrected chi connectivity index (χ3v) is 4.45. The van der Waals surface area contributed by atoms with Gasteiger partial charge in [-0.3, -0.25) is 4.79 Å². The molecule has 0 aromatic heterocycles. The lowest BCUT2D eigenvalue weighted by atomic mass is 10.1. The van der Waals surface area contributed by atoms with Crippen molar-refractivity contribution in [1.29, 1.82) is 0 Å². The molecule has 3 aromatic rings. The number of rotatable bonds is 7. The Bertz CT molecular complexity index is 834. The van der Waals surface area contributed by atoms with Crippen LogP contribution in [0.25, 0.3) is 0 Å². The highest BCUT2D eigenvalue weighted by Crippen LogP contribution is 2.39. The minimum atomic E-state index is -0.439. The smallest absolute Gasteiger partial charge is 0.165 e. The Labute approximate surface area is 158 Å². The molecule has 27 heavy (non-hydrogen) atoms. The highest BCUT2D eigenvalue weighted by atomic mass is 16.5. The average molecular weight is 360 g/mol. The topological polar surface area (TPSA) is 44.8 Å². The zero-order valence-corrected chi connectivity index (χ0v) is 14.8. The lowest BCUT2D eigenvalue weighted by Gasteiger charge is -2.15. The Morgan fingerprint density at radius 1 is 0.852 bits per heavy atom. The summed E-state index contributed by atoms with van der Waals surface area (Å²) in [5.41, 5.74) is 3.11. The van der Waals surface area contributed by atoms with E-state index in [1.54, 1.807) is 0 Å². The van der Waals surface area contributed by atoms with E-state index in [1.165, 1.54) is 0 Å². The van der Waals surface area contributed by atoms with Gasteiger partial charge in [0.15, 0.2) is 23.9 Å². The molecule has 0 fully saturated rings. The first-order valence-corrected chi connectivity index (χ1v) is 8.94. The van der Waals surface area contributed by atoms with Gasteiger partial charge in [-0.1, -0.05) is 60.7 Å². The first-order chi connectivity index (χ1) is 13.3. The molecule has 0 N–H and O–H groups in total. The molecular formula is C23H20O4. The number of carbonyl (C=O) groups is 1. The molecule has 0 spiro atoms. The number of carbonyl (C=O) groups excluding carboxylic acids is 1. The predicted molar refractivity (Wildman–Crippen MR) is 102 cm³/mol. The van der Waals surface area contributed by atoms with Crippen LogP contribution in [0.5, 0.6) is 17.2 Å². The van der Waals surface area contributed by atoms with Crippen LogP contribution in [0.4, 0.5) is 0 Å². The molecule has 0 amide bonds. The van der Waals surface area contributed by atoms with Gasteiger partial charge in [0, 0.05) is 18.1 Å². The van der Waals surface area contributed by atoms with E-state index in [-0.39, 0.29) is 0 Å². The van der Waals surface area contributed by atoms with Gasteiger partial charge in [0.2, 0.25) is 0 Å². The SMILES string of the molecule is O=CC1Cc2cc(OCc3ccccc3)c(OCc3ccccc3)cc2O1. The Hall–Kier alpha value is -3.27. The van der Waals surface area contributed by atoms with E-state index in [1.807, 2.05) is 72.8 Å². The van der Waals surface area contributed by atoms with Gasteiger partial charge in [-0.2, -0.15) is 0 Å². The quantitative estimate of drug-likeness (QED) is 0.588. The highest BCUT2D eigenvalue weighted by molar-refractivity contribution is 5.63. The van der Waals surface area contributed by atoms with Crippen molar-refractivity contribution in [3.8, 4) is 17.2 Å². The molecule has 1 unspecified atom stereocenters. The molecule has 0 saturated carbocycles. The summed E-state index contributed by atoms with van der Waals surface area (Å²) in [5, 5.41) is 0. The lowest BCUT2D eigenvalue weighted by Crippen LogP contribution is -2.13. The molecule has 4 rings (SSSR count). The summed E-state index contributed by atoms with van der Waals surface area (Å²) >= 11 is 0. The maximum absolute atomic E-state index is 11.1. The van der Waals surface area contributed by atoms with Crippen molar-refractivity contribution in [1.82, 2.24) is 0 Å². The number of fused-ring (bicyclic) bond motifs is 1. The van der Waals surface area contributed by atoms with Gasteiger partial charge in [-0.15, -0.1) is 0 Å². The van der Waals surface area contributed by atoms with Gasteiger partial charge in [-0.25, -0.2) is 0 Å². The number of hydrogen-bond donors (Lipinski definition) is 0. The lowest BCUT2D eigenvalue weighted by molar-refractivity contribution is -0.113. The van der Waals surface area contributed by atoms with Crippen LogP contribution in [0.1, 0.15) is 16.7 Å². The van der Waals surface area contributed by atoms with Crippen molar-refractivity contribution < 1.29 is 19.0 Å². The molecule has 0 aliphatic carbocycles. The zero-order valence-electron chi connectivity index (χ0n) is 14.8. The maximum Gasteiger partial charge on any atom is 0.165 e. The Balaban J connectivity index is 1.56. The van der Waals surface area contributed by atoms with Crippen molar-refractivity contribution >= 4 is 6.29 Å². The summed E-state index contributed by atoms with van der Waals surface area (Å²) in [7, 11) is 0. The molecule has 1 aliphatic rings. The van der Waals surface area contributed by atoms with Crippen LogP contribution in [-0.2, 0) is 24.4 Å². The second-order valence-corrected chi connectivity index (χ2v) is 6.45. The van der Waals surface area contributed by atoms with Gasteiger partial charge >= 0.3 is 0 Å². The van der Waals surface area contributed by atoms with E-state index in [2.05, 4.69) is 0 Å². The number of aldehydes is 1. The second-order valence-electron chi connectivity index (χ2n) is 6.45. The first kappa shape index (κ1) is 17.2. The summed E-state index contributed by atoms with van der Waals surface area (Å²) < 4.78 is 17.7. The van der Waals surface area contributed by atoms with Gasteiger partial charge in [0.1, 0.15) is 19.0 Å². The van der Waals surface area contributed by atoms with Crippen LogP contribution in [-0.4, -0.2) is 12.4 Å². The van der Waals surface area contributed by atoms with Gasteiger partial charge in [0.05, 0.1) is 0 Å². The van der Waals surface area contributed by atoms with Gasteiger partial charge < -0.3 is 14.2 Å². The minimum Gasteiger partial charge on any atom is -0.485 e. The van der Waals surface area contributed by atoms with Crippen LogP contribution in [0.3, 0.4) is 0 Å². The van der Waals surface area contributed by atoms with Crippen molar-refractivity contribution in [2.75, 3.05) is 0 Å². The predicted octanol–water partition coefficient (Wildman–Crippen LogP) is 4.35. The van der Waals surface area contributed by atoms with Crippen LogP contribution in [0.2, 0.25) is 0 Å². The number of hydrogen-bond acceptors (Lipinski definition) is 4. The van der Waals surface area contributed by atoms with E-state index < -0.39 is 6.10 Å². The fourth-order valence-corrected chi connectivity index (χ4v) is 3.05. The van der Waals surface area contributed by atoms with E-state index in [9.17, 15) is 4.79 Å². The summed E-state index contributed by atoms with van der Waals surface area (Å²) in [6.45, 7) is 0.873. The average Bonchev–Trinajstić information content (AvgIpc) is 3.14. The standard InChI is InChI=1S/C23H20O4/c24-14-20-11-19-12-22(25-15-17-7-3-1-4-8-17)23(13-21(19)27-20)26-16-18-9-5-2-6-10-18/h1-10,12-14,20H,11,15-16H2. The van der Waals surface area contributed by atoms with Crippen LogP contribution in [0, 0.1) is 0 Å². The summed E-state index contributed by atoms with van der Waals surface area (Å²) in [6.07, 6.45) is 0.945. The zero-order chi connectivity index (χ0) is 18.5. The molecule has 1 atom stereocenters. The fourth-order valence-electron chi connectivity index (χ4n) is 3.05. The van der Waals surface area contributed by atoms with Crippen molar-refractivity contribution in [3.63, 3.8) is 0 Å². The van der Waals surface area contributed by atoms with Gasteiger partial charge in [0.25, 0.3) is 0 Å². The van der Waals surface area contributed by atoms with Crippen molar-refractivity contribution in [2.45, 2.75) is 25.7 Å². The molecule has 4 nitrogen and oxygen atoms in total. The van der Waals surface area contributed by atoms with Gasteiger partial charge in [-0.05, 0) is 17.2 Å². The Kier molecular flexibility index (Phi) is 5.06. The van der Waals surface area contributed by atoms with E-state index >= 15 is 0 Å². The van der Waals surface area contributed by atoms with E-state index in [0.29, 0.717) is 36.9 Å². The number of benzene rings is 3. The molecule has 0 radical (unpaired) electrons. The molecule has 136 valence electrons. The molecule has 0 bridgehead atoms. The fraction of sp³-hybridized carbons (Fsp3) is 0.174. The number of ether oxygens (including phenoxy) is 3. The summed E-state index contributed by atoms with van der Waals surface area (Å²) in [6, 6.07) is 23.7. The monoisotopic (exact) mass is 360 g/mol. The largest absolute Gasteiger partial charge is 0.485 e.